The van der Waals surface area contributed by atoms with Crippen molar-refractivity contribution in [1.29, 1.82) is 0 Å². The Morgan fingerprint density at radius 3 is 2.54 bits per heavy atom. The number of nitrogens with zero attached hydrogens (tertiary/aromatic N) is 2. The van der Waals surface area contributed by atoms with E-state index in [1.807, 2.05) is 41.3 Å². The molecular weight excluding hydrogens is 348 g/mol. The predicted octanol–water partition coefficient (Wildman–Crippen LogP) is 4.03. The SMILES string of the molecule is COc1ccc(N2C(=O)CSC2c2ccc(OC)c3ccccc23)cn1. The largest absolute Gasteiger partial charge is 0.496 e. The minimum atomic E-state index is -0.103. The number of rotatable bonds is 4. The number of amides is 1. The van der Waals surface area contributed by atoms with Crippen LogP contribution in [-0.2, 0) is 4.79 Å². The van der Waals surface area contributed by atoms with Gasteiger partial charge < -0.3 is 9.47 Å². The number of carbonyl (C=O) groups is 1. The molecule has 6 heteroatoms. The molecule has 26 heavy (non-hydrogen) atoms. The Balaban J connectivity index is 1.81. The quantitative estimate of drug-likeness (QED) is 0.698. The van der Waals surface area contributed by atoms with Gasteiger partial charge in [-0.25, -0.2) is 4.98 Å². The highest BCUT2D eigenvalue weighted by atomic mass is 32.2. The van der Waals surface area contributed by atoms with Gasteiger partial charge >= 0.3 is 0 Å². The van der Waals surface area contributed by atoms with E-state index in [1.165, 1.54) is 0 Å². The summed E-state index contributed by atoms with van der Waals surface area (Å²) in [6.45, 7) is 0. The monoisotopic (exact) mass is 366 g/mol. The number of fused-ring (bicyclic) bond motifs is 1. The Morgan fingerprint density at radius 2 is 1.85 bits per heavy atom. The van der Waals surface area contributed by atoms with Crippen LogP contribution in [0, 0.1) is 0 Å². The summed E-state index contributed by atoms with van der Waals surface area (Å²) >= 11 is 1.62. The van der Waals surface area contributed by atoms with Crippen molar-refractivity contribution >= 4 is 34.1 Å². The molecule has 2 aromatic carbocycles. The van der Waals surface area contributed by atoms with Crippen molar-refractivity contribution in [2.45, 2.75) is 5.37 Å². The van der Waals surface area contributed by atoms with E-state index >= 15 is 0 Å². The van der Waals surface area contributed by atoms with E-state index in [2.05, 4.69) is 11.1 Å². The second kappa shape index (κ2) is 6.88. The van der Waals surface area contributed by atoms with E-state index in [0.29, 0.717) is 11.6 Å². The minimum absolute atomic E-state index is 0.0758. The summed E-state index contributed by atoms with van der Waals surface area (Å²) in [6, 6.07) is 15.8. The lowest BCUT2D eigenvalue weighted by atomic mass is 10.0. The average Bonchev–Trinajstić information content (AvgIpc) is 3.08. The van der Waals surface area contributed by atoms with E-state index in [1.54, 1.807) is 38.2 Å². The van der Waals surface area contributed by atoms with Crippen LogP contribution < -0.4 is 14.4 Å². The van der Waals surface area contributed by atoms with Gasteiger partial charge in [0.25, 0.3) is 0 Å². The van der Waals surface area contributed by atoms with Crippen LogP contribution in [0.15, 0.2) is 54.7 Å². The third kappa shape index (κ3) is 2.76. The normalized spacial score (nSPS) is 16.9. The molecule has 1 saturated heterocycles. The van der Waals surface area contributed by atoms with Gasteiger partial charge in [0, 0.05) is 11.5 Å². The highest BCUT2D eigenvalue weighted by Gasteiger charge is 2.35. The van der Waals surface area contributed by atoms with E-state index in [-0.39, 0.29) is 11.3 Å². The molecule has 0 N–H and O–H groups in total. The molecule has 2 heterocycles. The molecule has 132 valence electrons. The maximum atomic E-state index is 12.6. The molecule has 0 aliphatic carbocycles. The maximum absolute atomic E-state index is 12.6. The molecule has 1 amide bonds. The zero-order chi connectivity index (χ0) is 18.1. The molecule has 1 fully saturated rings. The fourth-order valence-corrected chi connectivity index (χ4v) is 4.47. The average molecular weight is 366 g/mol. The van der Waals surface area contributed by atoms with Crippen molar-refractivity contribution in [2.75, 3.05) is 24.9 Å². The summed E-state index contributed by atoms with van der Waals surface area (Å²) in [5.41, 5.74) is 1.86. The van der Waals surface area contributed by atoms with E-state index in [9.17, 15) is 4.79 Å². The first-order chi connectivity index (χ1) is 12.7. The van der Waals surface area contributed by atoms with Crippen LogP contribution in [0.2, 0.25) is 0 Å². The lowest BCUT2D eigenvalue weighted by Crippen LogP contribution is -2.28. The second-order valence-corrected chi connectivity index (χ2v) is 6.96. The lowest BCUT2D eigenvalue weighted by Gasteiger charge is -2.25. The fourth-order valence-electron chi connectivity index (χ4n) is 3.26. The van der Waals surface area contributed by atoms with Crippen LogP contribution in [0.4, 0.5) is 5.69 Å². The number of thioether (sulfide) groups is 1. The first-order valence-electron chi connectivity index (χ1n) is 8.22. The fraction of sp³-hybridized carbons (Fsp3) is 0.200. The van der Waals surface area contributed by atoms with Gasteiger partial charge in [-0.05, 0) is 23.1 Å². The van der Waals surface area contributed by atoms with Gasteiger partial charge in [0.05, 0.1) is 31.9 Å². The van der Waals surface area contributed by atoms with Crippen molar-refractivity contribution in [3.8, 4) is 11.6 Å². The number of pyridine rings is 1. The van der Waals surface area contributed by atoms with Gasteiger partial charge in [-0.2, -0.15) is 0 Å². The summed E-state index contributed by atoms with van der Waals surface area (Å²) in [7, 11) is 3.25. The Labute approximate surface area is 155 Å². The van der Waals surface area contributed by atoms with Gasteiger partial charge in [-0.1, -0.05) is 30.3 Å². The summed E-state index contributed by atoms with van der Waals surface area (Å²) in [6.07, 6.45) is 1.68. The maximum Gasteiger partial charge on any atom is 0.238 e. The van der Waals surface area contributed by atoms with Crippen LogP contribution in [0.25, 0.3) is 10.8 Å². The third-order valence-corrected chi connectivity index (χ3v) is 5.67. The summed E-state index contributed by atoms with van der Waals surface area (Å²) < 4.78 is 10.6. The van der Waals surface area contributed by atoms with Crippen molar-refractivity contribution in [3.05, 3.63) is 60.3 Å². The van der Waals surface area contributed by atoms with Crippen LogP contribution >= 0.6 is 11.8 Å². The molecule has 0 spiro atoms. The molecule has 1 atom stereocenters. The van der Waals surface area contributed by atoms with Crippen molar-refractivity contribution in [2.24, 2.45) is 0 Å². The Morgan fingerprint density at radius 1 is 1.04 bits per heavy atom. The van der Waals surface area contributed by atoms with Gasteiger partial charge in [0.15, 0.2) is 0 Å². The summed E-state index contributed by atoms with van der Waals surface area (Å²) in [4.78, 5) is 18.7. The smallest absolute Gasteiger partial charge is 0.238 e. The van der Waals surface area contributed by atoms with Crippen LogP contribution in [-0.4, -0.2) is 30.9 Å². The van der Waals surface area contributed by atoms with Crippen molar-refractivity contribution in [1.82, 2.24) is 4.98 Å². The van der Waals surface area contributed by atoms with Gasteiger partial charge in [0.2, 0.25) is 11.8 Å². The summed E-state index contributed by atoms with van der Waals surface area (Å²) in [5.74, 6) is 1.87. The molecule has 0 radical (unpaired) electrons. The third-order valence-electron chi connectivity index (χ3n) is 4.48. The van der Waals surface area contributed by atoms with Gasteiger partial charge in [-0.15, -0.1) is 11.8 Å². The number of hydrogen-bond donors (Lipinski definition) is 0. The van der Waals surface area contributed by atoms with E-state index < -0.39 is 0 Å². The molecule has 3 aromatic rings. The van der Waals surface area contributed by atoms with Gasteiger partial charge in [-0.3, -0.25) is 9.69 Å². The van der Waals surface area contributed by atoms with E-state index in [0.717, 1.165) is 27.8 Å². The Bertz CT molecular complexity index is 959. The highest BCUT2D eigenvalue weighted by molar-refractivity contribution is 8.00. The lowest BCUT2D eigenvalue weighted by molar-refractivity contribution is -0.115. The molecule has 1 aromatic heterocycles. The molecule has 1 unspecified atom stereocenters. The van der Waals surface area contributed by atoms with Crippen LogP contribution in [0.5, 0.6) is 11.6 Å². The number of anilines is 1. The van der Waals surface area contributed by atoms with Crippen molar-refractivity contribution < 1.29 is 14.3 Å². The molecule has 0 saturated carbocycles. The first kappa shape index (κ1) is 16.7. The topological polar surface area (TPSA) is 51.7 Å². The number of aromatic nitrogens is 1. The van der Waals surface area contributed by atoms with Crippen LogP contribution in [0.3, 0.4) is 0 Å². The second-order valence-electron chi connectivity index (χ2n) is 5.89. The van der Waals surface area contributed by atoms with Crippen molar-refractivity contribution in [3.63, 3.8) is 0 Å². The number of ether oxygens (including phenoxy) is 2. The number of methoxy groups -OCH3 is 2. The molecule has 1 aliphatic heterocycles. The molecule has 4 rings (SSSR count). The zero-order valence-corrected chi connectivity index (χ0v) is 15.3. The summed E-state index contributed by atoms with van der Waals surface area (Å²) in [5, 5.41) is 2.03. The molecule has 1 aliphatic rings. The van der Waals surface area contributed by atoms with Gasteiger partial charge in [0.1, 0.15) is 11.1 Å². The Kier molecular flexibility index (Phi) is 4.42. The molecular formula is C20H18N2O3S. The number of benzene rings is 2. The highest BCUT2D eigenvalue weighted by Crippen LogP contribution is 2.45. The zero-order valence-electron chi connectivity index (χ0n) is 14.5. The number of carbonyl (C=O) groups excluding carboxylic acids is 1. The Hall–Kier alpha value is -2.73. The first-order valence-corrected chi connectivity index (χ1v) is 9.27. The standard InChI is InChI=1S/C20H18N2O3S/c1-24-17-9-8-16(14-5-3-4-6-15(14)17)20-22(19(23)12-26-20)13-7-10-18(25-2)21-11-13/h3-11,20H,12H2,1-2H3. The minimum Gasteiger partial charge on any atom is -0.496 e. The molecule has 5 nitrogen and oxygen atoms in total. The number of hydrogen-bond acceptors (Lipinski definition) is 5. The predicted molar refractivity (Wildman–Crippen MR) is 104 cm³/mol. The molecule has 0 bridgehead atoms. The van der Waals surface area contributed by atoms with Crippen LogP contribution in [0.1, 0.15) is 10.9 Å². The van der Waals surface area contributed by atoms with E-state index in [4.69, 9.17) is 9.47 Å².